The normalized spacial score (nSPS) is 15.1. The quantitative estimate of drug-likeness (QED) is 0.747. The summed E-state index contributed by atoms with van der Waals surface area (Å²) in [6.07, 6.45) is 1.13. The number of hydrogen-bond donors (Lipinski definition) is 2. The first-order valence-electron chi connectivity index (χ1n) is 5.07. The van der Waals surface area contributed by atoms with E-state index in [1.807, 2.05) is 30.3 Å². The van der Waals surface area contributed by atoms with E-state index >= 15 is 0 Å². The Kier molecular flexibility index (Phi) is 4.63. The van der Waals surface area contributed by atoms with E-state index < -0.39 is 0 Å². The molecule has 0 bridgehead atoms. The molecule has 78 valence electrons. The Bertz CT molecular complexity index is 244. The summed E-state index contributed by atoms with van der Waals surface area (Å²) in [5.74, 6) is 0.155. The average molecular weight is 194 g/mol. The standard InChI is InChI=1S/C12H18O2/c1-10(14)12(7-8-13)9-11-5-3-2-4-6-11/h2-6,10,12-14H,7-9H2,1H3/t10-,12?/m0/s1. The first kappa shape index (κ1) is 11.2. The second-order valence-corrected chi connectivity index (χ2v) is 3.70. The Balaban J connectivity index is 2.55. The number of aliphatic hydroxyl groups is 2. The van der Waals surface area contributed by atoms with Gasteiger partial charge in [0.1, 0.15) is 0 Å². The highest BCUT2D eigenvalue weighted by molar-refractivity contribution is 5.15. The molecular formula is C12H18O2. The van der Waals surface area contributed by atoms with E-state index in [-0.39, 0.29) is 18.6 Å². The Morgan fingerprint density at radius 3 is 2.36 bits per heavy atom. The highest BCUT2D eigenvalue weighted by atomic mass is 16.3. The summed E-state index contributed by atoms with van der Waals surface area (Å²) in [7, 11) is 0. The van der Waals surface area contributed by atoms with E-state index in [1.54, 1.807) is 6.92 Å². The fourth-order valence-corrected chi connectivity index (χ4v) is 1.60. The first-order valence-corrected chi connectivity index (χ1v) is 5.07. The van der Waals surface area contributed by atoms with Crippen LogP contribution in [0.5, 0.6) is 0 Å². The molecule has 0 spiro atoms. The van der Waals surface area contributed by atoms with Crippen LogP contribution in [-0.4, -0.2) is 22.9 Å². The molecular weight excluding hydrogens is 176 g/mol. The summed E-state index contributed by atoms with van der Waals surface area (Å²) >= 11 is 0. The van der Waals surface area contributed by atoms with Crippen LogP contribution in [0.4, 0.5) is 0 Å². The van der Waals surface area contributed by atoms with Gasteiger partial charge in [0.05, 0.1) is 6.10 Å². The molecule has 14 heavy (non-hydrogen) atoms. The van der Waals surface area contributed by atoms with Gasteiger partial charge in [0.2, 0.25) is 0 Å². The van der Waals surface area contributed by atoms with Crippen molar-refractivity contribution in [1.82, 2.24) is 0 Å². The predicted molar refractivity (Wildman–Crippen MR) is 57.0 cm³/mol. The van der Waals surface area contributed by atoms with Crippen LogP contribution in [0.2, 0.25) is 0 Å². The van der Waals surface area contributed by atoms with Crippen molar-refractivity contribution < 1.29 is 10.2 Å². The molecule has 1 aromatic rings. The molecule has 0 saturated heterocycles. The summed E-state index contributed by atoms with van der Waals surface area (Å²) < 4.78 is 0. The van der Waals surface area contributed by atoms with Gasteiger partial charge in [0.25, 0.3) is 0 Å². The first-order chi connectivity index (χ1) is 6.74. The molecule has 2 nitrogen and oxygen atoms in total. The monoisotopic (exact) mass is 194 g/mol. The predicted octanol–water partition coefficient (Wildman–Crippen LogP) is 1.61. The Morgan fingerprint density at radius 1 is 1.21 bits per heavy atom. The largest absolute Gasteiger partial charge is 0.396 e. The summed E-state index contributed by atoms with van der Waals surface area (Å²) in [5, 5.41) is 18.3. The maximum absolute atomic E-state index is 9.49. The maximum atomic E-state index is 9.49. The van der Waals surface area contributed by atoms with Crippen LogP contribution in [0.15, 0.2) is 30.3 Å². The molecule has 0 radical (unpaired) electrons. The van der Waals surface area contributed by atoms with Crippen molar-refractivity contribution in [3.05, 3.63) is 35.9 Å². The fraction of sp³-hybridized carbons (Fsp3) is 0.500. The van der Waals surface area contributed by atoms with Gasteiger partial charge in [-0.15, -0.1) is 0 Å². The topological polar surface area (TPSA) is 40.5 Å². The van der Waals surface area contributed by atoms with E-state index in [4.69, 9.17) is 5.11 Å². The lowest BCUT2D eigenvalue weighted by Gasteiger charge is -2.18. The van der Waals surface area contributed by atoms with Crippen LogP contribution in [0.25, 0.3) is 0 Å². The van der Waals surface area contributed by atoms with E-state index in [1.165, 1.54) is 5.56 Å². The van der Waals surface area contributed by atoms with E-state index in [9.17, 15) is 5.11 Å². The van der Waals surface area contributed by atoms with Gasteiger partial charge in [0, 0.05) is 6.61 Å². The molecule has 2 N–H and O–H groups in total. The lowest BCUT2D eigenvalue weighted by molar-refractivity contribution is 0.105. The third kappa shape index (κ3) is 3.48. The average Bonchev–Trinajstić information content (AvgIpc) is 2.18. The summed E-state index contributed by atoms with van der Waals surface area (Å²) in [6, 6.07) is 10.1. The zero-order valence-corrected chi connectivity index (χ0v) is 8.56. The molecule has 0 aliphatic carbocycles. The molecule has 1 rings (SSSR count). The van der Waals surface area contributed by atoms with Crippen LogP contribution >= 0.6 is 0 Å². The van der Waals surface area contributed by atoms with E-state index in [2.05, 4.69) is 0 Å². The van der Waals surface area contributed by atoms with Crippen LogP contribution in [0, 0.1) is 5.92 Å². The number of aliphatic hydroxyl groups excluding tert-OH is 2. The zero-order chi connectivity index (χ0) is 10.4. The highest BCUT2D eigenvalue weighted by Gasteiger charge is 2.14. The van der Waals surface area contributed by atoms with Gasteiger partial charge < -0.3 is 10.2 Å². The molecule has 0 aromatic heterocycles. The minimum atomic E-state index is -0.359. The van der Waals surface area contributed by atoms with Crippen molar-refractivity contribution in [2.45, 2.75) is 25.9 Å². The smallest absolute Gasteiger partial charge is 0.0544 e. The van der Waals surface area contributed by atoms with E-state index in [0.29, 0.717) is 6.42 Å². The number of rotatable bonds is 5. The SMILES string of the molecule is C[C@H](O)C(CCO)Cc1ccccc1. The molecule has 0 saturated carbocycles. The van der Waals surface area contributed by atoms with E-state index in [0.717, 1.165) is 6.42 Å². The lowest BCUT2D eigenvalue weighted by atomic mass is 9.92. The number of hydrogen-bond acceptors (Lipinski definition) is 2. The van der Waals surface area contributed by atoms with Crippen LogP contribution < -0.4 is 0 Å². The van der Waals surface area contributed by atoms with Crippen molar-refractivity contribution in [3.63, 3.8) is 0 Å². The third-order valence-corrected chi connectivity index (χ3v) is 2.52. The van der Waals surface area contributed by atoms with Gasteiger partial charge in [0.15, 0.2) is 0 Å². The van der Waals surface area contributed by atoms with Crippen molar-refractivity contribution in [1.29, 1.82) is 0 Å². The number of benzene rings is 1. The van der Waals surface area contributed by atoms with Crippen molar-refractivity contribution in [2.75, 3.05) is 6.61 Å². The molecule has 1 aromatic carbocycles. The maximum Gasteiger partial charge on any atom is 0.0544 e. The second kappa shape index (κ2) is 5.78. The Labute approximate surface area is 85.2 Å². The zero-order valence-electron chi connectivity index (χ0n) is 8.56. The van der Waals surface area contributed by atoms with Gasteiger partial charge in [-0.05, 0) is 31.2 Å². The van der Waals surface area contributed by atoms with Crippen molar-refractivity contribution in [3.8, 4) is 0 Å². The van der Waals surface area contributed by atoms with Gasteiger partial charge in [-0.2, -0.15) is 0 Å². The summed E-state index contributed by atoms with van der Waals surface area (Å²) in [5.41, 5.74) is 1.21. The molecule has 2 atom stereocenters. The van der Waals surface area contributed by atoms with Gasteiger partial charge in [-0.3, -0.25) is 0 Å². The lowest BCUT2D eigenvalue weighted by Crippen LogP contribution is -2.20. The van der Waals surface area contributed by atoms with Crippen molar-refractivity contribution in [2.24, 2.45) is 5.92 Å². The Hall–Kier alpha value is -0.860. The Morgan fingerprint density at radius 2 is 1.86 bits per heavy atom. The summed E-state index contributed by atoms with van der Waals surface area (Å²) in [4.78, 5) is 0. The van der Waals surface area contributed by atoms with Crippen LogP contribution in [-0.2, 0) is 6.42 Å². The third-order valence-electron chi connectivity index (χ3n) is 2.52. The molecule has 1 unspecified atom stereocenters. The molecule has 0 fully saturated rings. The molecule has 2 heteroatoms. The van der Waals surface area contributed by atoms with Crippen molar-refractivity contribution >= 4 is 0 Å². The van der Waals surface area contributed by atoms with Crippen LogP contribution in [0.3, 0.4) is 0 Å². The molecule has 0 amide bonds. The second-order valence-electron chi connectivity index (χ2n) is 3.70. The van der Waals surface area contributed by atoms with Crippen LogP contribution in [0.1, 0.15) is 18.9 Å². The van der Waals surface area contributed by atoms with Gasteiger partial charge in [-0.25, -0.2) is 0 Å². The highest BCUT2D eigenvalue weighted by Crippen LogP contribution is 2.15. The summed E-state index contributed by atoms with van der Waals surface area (Å²) in [6.45, 7) is 1.92. The minimum absolute atomic E-state index is 0.141. The van der Waals surface area contributed by atoms with Gasteiger partial charge in [-0.1, -0.05) is 30.3 Å². The van der Waals surface area contributed by atoms with Gasteiger partial charge >= 0.3 is 0 Å². The molecule has 0 aliphatic heterocycles. The molecule has 0 aliphatic rings. The fourth-order valence-electron chi connectivity index (χ4n) is 1.60. The molecule has 0 heterocycles. The minimum Gasteiger partial charge on any atom is -0.396 e.